The van der Waals surface area contributed by atoms with E-state index in [0.717, 1.165) is 17.7 Å². The van der Waals surface area contributed by atoms with Crippen LogP contribution >= 0.6 is 15.9 Å². The maximum atomic E-state index is 13.6. The second-order valence-electron chi connectivity index (χ2n) is 4.64. The summed E-state index contributed by atoms with van der Waals surface area (Å²) in [7, 11) is 0. The highest BCUT2D eigenvalue weighted by Crippen LogP contribution is 2.35. The first kappa shape index (κ1) is 15.4. The lowest BCUT2D eigenvalue weighted by Gasteiger charge is -2.09. The Bertz CT molecular complexity index is 874. The summed E-state index contributed by atoms with van der Waals surface area (Å²) in [5.74, 6) is -0.435. The van der Waals surface area contributed by atoms with Gasteiger partial charge >= 0.3 is 0 Å². The molecule has 2 aromatic carbocycles. The quantitative estimate of drug-likeness (QED) is 0.555. The molecule has 0 spiro atoms. The van der Waals surface area contributed by atoms with Gasteiger partial charge in [0.25, 0.3) is 0 Å². The number of hydrogen-bond acceptors (Lipinski definition) is 3. The number of hydrogen-bond donors (Lipinski definition) is 0. The molecule has 3 aromatic rings. The van der Waals surface area contributed by atoms with Crippen molar-refractivity contribution in [2.24, 2.45) is 0 Å². The first-order valence-electron chi connectivity index (χ1n) is 6.54. The molecule has 0 saturated heterocycles. The lowest BCUT2D eigenvalue weighted by atomic mass is 10.2. The van der Waals surface area contributed by atoms with Crippen LogP contribution in [0.3, 0.4) is 0 Å². The summed E-state index contributed by atoms with van der Waals surface area (Å²) in [6.45, 7) is 0. The van der Waals surface area contributed by atoms with E-state index >= 15 is 0 Å². The van der Waals surface area contributed by atoms with Gasteiger partial charge in [-0.05, 0) is 58.4 Å². The van der Waals surface area contributed by atoms with Gasteiger partial charge in [0.2, 0.25) is 0 Å². The number of aldehydes is 1. The summed E-state index contributed by atoms with van der Waals surface area (Å²) in [4.78, 5) is 10.6. The Hall–Kier alpha value is -2.47. The van der Waals surface area contributed by atoms with E-state index in [1.54, 1.807) is 30.3 Å². The Morgan fingerprint density at radius 2 is 1.78 bits per heavy atom. The summed E-state index contributed by atoms with van der Waals surface area (Å²) in [5, 5.41) is 0. The largest absolute Gasteiger partial charge is 0.453 e. The molecule has 0 aliphatic heterocycles. The van der Waals surface area contributed by atoms with Crippen LogP contribution in [0.1, 0.15) is 10.6 Å². The number of furan rings is 1. The number of halogens is 3. The van der Waals surface area contributed by atoms with E-state index in [2.05, 4.69) is 15.9 Å². The van der Waals surface area contributed by atoms with Gasteiger partial charge in [-0.1, -0.05) is 0 Å². The van der Waals surface area contributed by atoms with Gasteiger partial charge in [-0.2, -0.15) is 0 Å². The van der Waals surface area contributed by atoms with E-state index < -0.39 is 11.6 Å². The second-order valence-corrected chi connectivity index (χ2v) is 5.50. The number of benzene rings is 2. The van der Waals surface area contributed by atoms with Crippen molar-refractivity contribution < 1.29 is 22.7 Å². The van der Waals surface area contributed by atoms with E-state index in [1.807, 2.05) is 0 Å². The Morgan fingerprint density at radius 3 is 2.43 bits per heavy atom. The SMILES string of the molecule is O=Cc1ccc(-c2ccc(Oc3ccc(F)cc3F)c(Br)c2)o1. The fraction of sp³-hybridized carbons (Fsp3) is 0. The predicted molar refractivity (Wildman–Crippen MR) is 83.7 cm³/mol. The number of ether oxygens (including phenoxy) is 1. The summed E-state index contributed by atoms with van der Waals surface area (Å²) < 4.78 is 37.9. The smallest absolute Gasteiger partial charge is 0.185 e. The maximum Gasteiger partial charge on any atom is 0.185 e. The zero-order valence-corrected chi connectivity index (χ0v) is 13.1. The molecule has 0 unspecified atom stereocenters. The molecule has 0 radical (unpaired) electrons. The first-order valence-corrected chi connectivity index (χ1v) is 7.34. The molecule has 0 bridgehead atoms. The van der Waals surface area contributed by atoms with Crippen molar-refractivity contribution in [3.05, 3.63) is 70.4 Å². The standard InChI is InChI=1S/C17H9BrF2O3/c18-13-7-10(15-6-3-12(9-21)22-15)1-4-16(13)23-17-5-2-11(19)8-14(17)20/h1-9H. The molecule has 23 heavy (non-hydrogen) atoms. The molecule has 1 heterocycles. The van der Waals surface area contributed by atoms with Gasteiger partial charge in [-0.15, -0.1) is 0 Å². The van der Waals surface area contributed by atoms with Crippen LogP contribution in [-0.4, -0.2) is 6.29 Å². The van der Waals surface area contributed by atoms with Crippen molar-refractivity contribution in [2.45, 2.75) is 0 Å². The highest BCUT2D eigenvalue weighted by Gasteiger charge is 2.11. The van der Waals surface area contributed by atoms with Gasteiger partial charge in [0, 0.05) is 11.6 Å². The topological polar surface area (TPSA) is 39.4 Å². The second kappa shape index (κ2) is 6.34. The van der Waals surface area contributed by atoms with Gasteiger partial charge in [-0.3, -0.25) is 4.79 Å². The zero-order valence-electron chi connectivity index (χ0n) is 11.6. The highest BCUT2D eigenvalue weighted by molar-refractivity contribution is 9.10. The van der Waals surface area contributed by atoms with Crippen LogP contribution in [0.4, 0.5) is 8.78 Å². The molecule has 1 aromatic heterocycles. The van der Waals surface area contributed by atoms with Gasteiger partial charge in [0.1, 0.15) is 17.3 Å². The van der Waals surface area contributed by atoms with E-state index in [0.29, 0.717) is 22.3 Å². The molecule has 0 atom stereocenters. The molecule has 6 heteroatoms. The molecule has 0 fully saturated rings. The number of carbonyl (C=O) groups excluding carboxylic acids is 1. The molecule has 116 valence electrons. The lowest BCUT2D eigenvalue weighted by Crippen LogP contribution is -1.90. The minimum absolute atomic E-state index is 0.0823. The molecule has 0 amide bonds. The van der Waals surface area contributed by atoms with Crippen molar-refractivity contribution in [2.75, 3.05) is 0 Å². The molecule has 0 N–H and O–H groups in total. The highest BCUT2D eigenvalue weighted by atomic mass is 79.9. The minimum Gasteiger partial charge on any atom is -0.453 e. The number of rotatable bonds is 4. The molecule has 0 aliphatic carbocycles. The van der Waals surface area contributed by atoms with E-state index in [9.17, 15) is 13.6 Å². The average molecular weight is 379 g/mol. The van der Waals surface area contributed by atoms with E-state index in [-0.39, 0.29) is 11.5 Å². The van der Waals surface area contributed by atoms with Gasteiger partial charge in [0.15, 0.2) is 23.6 Å². The third-order valence-corrected chi connectivity index (χ3v) is 3.69. The fourth-order valence-corrected chi connectivity index (χ4v) is 2.44. The van der Waals surface area contributed by atoms with Crippen molar-refractivity contribution in [1.29, 1.82) is 0 Å². The van der Waals surface area contributed by atoms with Crippen molar-refractivity contribution in [3.8, 4) is 22.8 Å². The van der Waals surface area contributed by atoms with Crippen LogP contribution in [0.2, 0.25) is 0 Å². The molecular weight excluding hydrogens is 370 g/mol. The summed E-state index contributed by atoms with van der Waals surface area (Å²) in [5.41, 5.74) is 0.719. The van der Waals surface area contributed by atoms with Crippen LogP contribution in [0.15, 0.2) is 57.4 Å². The zero-order chi connectivity index (χ0) is 16.4. The maximum absolute atomic E-state index is 13.6. The van der Waals surface area contributed by atoms with E-state index in [4.69, 9.17) is 9.15 Å². The Balaban J connectivity index is 1.88. The first-order chi connectivity index (χ1) is 11.1. The van der Waals surface area contributed by atoms with Crippen molar-refractivity contribution in [3.63, 3.8) is 0 Å². The summed E-state index contributed by atoms with van der Waals surface area (Å²) >= 11 is 3.33. The van der Waals surface area contributed by atoms with Crippen LogP contribution in [-0.2, 0) is 0 Å². The average Bonchev–Trinajstić information content (AvgIpc) is 3.00. The Morgan fingerprint density at radius 1 is 1.00 bits per heavy atom. The number of carbonyl (C=O) groups is 1. The lowest BCUT2D eigenvalue weighted by molar-refractivity contribution is 0.110. The summed E-state index contributed by atoms with van der Waals surface area (Å²) in [6, 6.07) is 11.4. The molecule has 0 aliphatic rings. The van der Waals surface area contributed by atoms with Crippen molar-refractivity contribution >= 4 is 22.2 Å². The summed E-state index contributed by atoms with van der Waals surface area (Å²) in [6.07, 6.45) is 0.618. The van der Waals surface area contributed by atoms with E-state index in [1.165, 1.54) is 6.07 Å². The third-order valence-electron chi connectivity index (χ3n) is 3.07. The van der Waals surface area contributed by atoms with Gasteiger partial charge < -0.3 is 9.15 Å². The van der Waals surface area contributed by atoms with Crippen LogP contribution in [0.5, 0.6) is 11.5 Å². The molecular formula is C17H9BrF2O3. The van der Waals surface area contributed by atoms with Gasteiger partial charge in [-0.25, -0.2) is 8.78 Å². The Labute approximate surface area is 138 Å². The molecule has 3 rings (SSSR count). The van der Waals surface area contributed by atoms with Crippen LogP contribution in [0.25, 0.3) is 11.3 Å². The molecule has 0 saturated carbocycles. The molecule has 3 nitrogen and oxygen atoms in total. The predicted octanol–water partition coefficient (Wildman–Crippen LogP) is 5.59. The third kappa shape index (κ3) is 3.32. The monoisotopic (exact) mass is 378 g/mol. The Kier molecular flexibility index (Phi) is 4.25. The van der Waals surface area contributed by atoms with Gasteiger partial charge in [0.05, 0.1) is 4.47 Å². The fourth-order valence-electron chi connectivity index (χ4n) is 1.98. The van der Waals surface area contributed by atoms with Crippen LogP contribution < -0.4 is 4.74 Å². The normalized spacial score (nSPS) is 10.6. The minimum atomic E-state index is -0.789. The van der Waals surface area contributed by atoms with Crippen molar-refractivity contribution in [1.82, 2.24) is 0 Å². The van der Waals surface area contributed by atoms with Crippen LogP contribution in [0, 0.1) is 11.6 Å².